The first-order chi connectivity index (χ1) is 12.4. The maximum Gasteiger partial charge on any atom is 0.308 e. The van der Waals surface area contributed by atoms with Crippen LogP contribution in [-0.4, -0.2) is 30.1 Å². The maximum atomic E-state index is 12.4. The van der Waals surface area contributed by atoms with Crippen molar-refractivity contribution < 1.29 is 19.4 Å². The van der Waals surface area contributed by atoms with Gasteiger partial charge in [0.15, 0.2) is 0 Å². The fraction of sp³-hybridized carbons (Fsp3) is 0.333. The van der Waals surface area contributed by atoms with Crippen molar-refractivity contribution in [3.8, 4) is 5.75 Å². The standard InChI is InChI=1S/C21H25NO4/c1-4-26-18-8-6-16(7-9-18)12-17(21(24)25)13-22-20(23)19-10-5-14(2)11-15(19)3/h5-11,17H,4,12-13H2,1-3H3,(H,22,23)(H,24,25). The van der Waals surface area contributed by atoms with Crippen molar-refractivity contribution in [2.24, 2.45) is 5.92 Å². The van der Waals surface area contributed by atoms with Gasteiger partial charge >= 0.3 is 5.97 Å². The number of rotatable bonds is 8. The maximum absolute atomic E-state index is 12.4. The zero-order chi connectivity index (χ0) is 19.1. The van der Waals surface area contributed by atoms with Gasteiger partial charge in [0.2, 0.25) is 0 Å². The van der Waals surface area contributed by atoms with Crippen LogP contribution < -0.4 is 10.1 Å². The number of nitrogens with one attached hydrogen (secondary N) is 1. The average molecular weight is 355 g/mol. The fourth-order valence-corrected chi connectivity index (χ4v) is 2.80. The lowest BCUT2D eigenvalue weighted by Crippen LogP contribution is -2.34. The molecule has 0 fully saturated rings. The second-order valence-corrected chi connectivity index (χ2v) is 6.34. The van der Waals surface area contributed by atoms with Crippen molar-refractivity contribution in [1.82, 2.24) is 5.32 Å². The Balaban J connectivity index is 1.99. The van der Waals surface area contributed by atoms with Crippen molar-refractivity contribution in [2.75, 3.05) is 13.2 Å². The Morgan fingerprint density at radius 1 is 1.12 bits per heavy atom. The van der Waals surface area contributed by atoms with Crippen LogP contribution in [0.4, 0.5) is 0 Å². The van der Waals surface area contributed by atoms with E-state index in [1.54, 1.807) is 6.07 Å². The summed E-state index contributed by atoms with van der Waals surface area (Å²) in [6, 6.07) is 12.9. The summed E-state index contributed by atoms with van der Waals surface area (Å²) in [4.78, 5) is 23.9. The third kappa shape index (κ3) is 5.34. The summed E-state index contributed by atoms with van der Waals surface area (Å²) in [6.07, 6.45) is 0.342. The third-order valence-electron chi connectivity index (χ3n) is 4.20. The number of carbonyl (C=O) groups is 2. The highest BCUT2D eigenvalue weighted by atomic mass is 16.5. The minimum Gasteiger partial charge on any atom is -0.494 e. The van der Waals surface area contributed by atoms with E-state index in [-0.39, 0.29) is 12.5 Å². The Morgan fingerprint density at radius 2 is 1.81 bits per heavy atom. The fourth-order valence-electron chi connectivity index (χ4n) is 2.80. The number of ether oxygens (including phenoxy) is 1. The summed E-state index contributed by atoms with van der Waals surface area (Å²) < 4.78 is 5.39. The highest BCUT2D eigenvalue weighted by molar-refractivity contribution is 5.95. The summed E-state index contributed by atoms with van der Waals surface area (Å²) in [6.45, 7) is 6.41. The molecule has 5 nitrogen and oxygen atoms in total. The van der Waals surface area contributed by atoms with Gasteiger partial charge in [0.25, 0.3) is 5.91 Å². The molecule has 1 amide bonds. The van der Waals surface area contributed by atoms with Crippen LogP contribution in [0.5, 0.6) is 5.75 Å². The Labute approximate surface area is 154 Å². The molecule has 0 saturated heterocycles. The normalized spacial score (nSPS) is 11.7. The van der Waals surface area contributed by atoms with E-state index in [0.717, 1.165) is 22.4 Å². The topological polar surface area (TPSA) is 75.6 Å². The molecule has 0 heterocycles. The number of hydrogen-bond donors (Lipinski definition) is 2. The number of carbonyl (C=O) groups excluding carboxylic acids is 1. The van der Waals surface area contributed by atoms with Gasteiger partial charge < -0.3 is 15.2 Å². The van der Waals surface area contributed by atoms with Crippen LogP contribution >= 0.6 is 0 Å². The molecule has 138 valence electrons. The van der Waals surface area contributed by atoms with Gasteiger partial charge in [-0.1, -0.05) is 29.8 Å². The number of carboxylic acids is 1. The van der Waals surface area contributed by atoms with Crippen LogP contribution in [0.2, 0.25) is 0 Å². The molecule has 0 aliphatic carbocycles. The largest absolute Gasteiger partial charge is 0.494 e. The number of benzene rings is 2. The molecule has 0 bridgehead atoms. The van der Waals surface area contributed by atoms with Crippen LogP contribution in [0.3, 0.4) is 0 Å². The molecule has 0 spiro atoms. The lowest BCUT2D eigenvalue weighted by molar-refractivity contribution is -0.141. The molecule has 2 aromatic carbocycles. The van der Waals surface area contributed by atoms with Crippen molar-refractivity contribution >= 4 is 11.9 Å². The summed E-state index contributed by atoms with van der Waals surface area (Å²) in [5.41, 5.74) is 3.42. The second kappa shape index (κ2) is 9.04. The zero-order valence-electron chi connectivity index (χ0n) is 15.4. The first-order valence-corrected chi connectivity index (χ1v) is 8.70. The van der Waals surface area contributed by atoms with E-state index in [9.17, 15) is 14.7 Å². The predicted molar refractivity (Wildman–Crippen MR) is 101 cm³/mol. The molecule has 0 aliphatic heterocycles. The number of aryl methyl sites for hydroxylation is 2. The highest BCUT2D eigenvalue weighted by Crippen LogP contribution is 2.16. The van der Waals surface area contributed by atoms with Crippen molar-refractivity contribution in [3.63, 3.8) is 0 Å². The van der Waals surface area contributed by atoms with Crippen molar-refractivity contribution in [2.45, 2.75) is 27.2 Å². The van der Waals surface area contributed by atoms with Crippen LogP contribution in [0.25, 0.3) is 0 Å². The smallest absolute Gasteiger partial charge is 0.308 e. The number of amides is 1. The lowest BCUT2D eigenvalue weighted by Gasteiger charge is -2.15. The van der Waals surface area contributed by atoms with E-state index in [0.29, 0.717) is 18.6 Å². The molecule has 2 rings (SSSR count). The van der Waals surface area contributed by atoms with Gasteiger partial charge in [-0.05, 0) is 56.5 Å². The molecule has 0 aromatic heterocycles. The van der Waals surface area contributed by atoms with Crippen molar-refractivity contribution in [1.29, 1.82) is 0 Å². The molecule has 1 atom stereocenters. The molecule has 1 unspecified atom stereocenters. The molecular formula is C21H25NO4. The SMILES string of the molecule is CCOc1ccc(CC(CNC(=O)c2ccc(C)cc2C)C(=O)O)cc1. The quantitative estimate of drug-likeness (QED) is 0.761. The van der Waals surface area contributed by atoms with E-state index >= 15 is 0 Å². The third-order valence-corrected chi connectivity index (χ3v) is 4.20. The van der Waals surface area contributed by atoms with E-state index < -0.39 is 11.9 Å². The Hall–Kier alpha value is -2.82. The van der Waals surface area contributed by atoms with Gasteiger partial charge in [-0.3, -0.25) is 9.59 Å². The Bertz CT molecular complexity index is 768. The van der Waals surface area contributed by atoms with E-state index in [4.69, 9.17) is 4.74 Å². The monoisotopic (exact) mass is 355 g/mol. The lowest BCUT2D eigenvalue weighted by atomic mass is 9.99. The number of carboxylic acid groups (broad SMARTS) is 1. The molecule has 5 heteroatoms. The Kier molecular flexibility index (Phi) is 6.78. The molecule has 0 saturated carbocycles. The minimum atomic E-state index is -0.931. The van der Waals surface area contributed by atoms with Gasteiger partial charge in [0.1, 0.15) is 5.75 Å². The summed E-state index contributed by atoms with van der Waals surface area (Å²) in [7, 11) is 0. The molecule has 2 aromatic rings. The van der Waals surface area contributed by atoms with Gasteiger partial charge in [0, 0.05) is 12.1 Å². The van der Waals surface area contributed by atoms with Gasteiger partial charge in [0.05, 0.1) is 12.5 Å². The Morgan fingerprint density at radius 3 is 2.38 bits per heavy atom. The van der Waals surface area contributed by atoms with E-state index in [1.165, 1.54) is 0 Å². The first-order valence-electron chi connectivity index (χ1n) is 8.70. The molecular weight excluding hydrogens is 330 g/mol. The molecule has 0 radical (unpaired) electrons. The zero-order valence-corrected chi connectivity index (χ0v) is 15.4. The highest BCUT2D eigenvalue weighted by Gasteiger charge is 2.20. The molecule has 2 N–H and O–H groups in total. The van der Waals surface area contributed by atoms with Crippen LogP contribution in [-0.2, 0) is 11.2 Å². The van der Waals surface area contributed by atoms with Gasteiger partial charge in [-0.2, -0.15) is 0 Å². The van der Waals surface area contributed by atoms with E-state index in [2.05, 4.69) is 5.32 Å². The summed E-state index contributed by atoms with van der Waals surface area (Å²) in [5.74, 6) is -1.12. The van der Waals surface area contributed by atoms with Gasteiger partial charge in [-0.15, -0.1) is 0 Å². The predicted octanol–water partition coefficient (Wildman–Crippen LogP) is 3.38. The summed E-state index contributed by atoms with van der Waals surface area (Å²) in [5, 5.41) is 12.2. The minimum absolute atomic E-state index is 0.0781. The number of hydrogen-bond acceptors (Lipinski definition) is 3. The van der Waals surface area contributed by atoms with Crippen LogP contribution in [0.1, 0.15) is 34.0 Å². The van der Waals surface area contributed by atoms with Crippen molar-refractivity contribution in [3.05, 3.63) is 64.7 Å². The first kappa shape index (κ1) is 19.5. The van der Waals surface area contributed by atoms with Crippen LogP contribution in [0, 0.1) is 19.8 Å². The number of aliphatic carboxylic acids is 1. The summed E-state index contributed by atoms with van der Waals surface area (Å²) >= 11 is 0. The average Bonchev–Trinajstić information content (AvgIpc) is 2.59. The van der Waals surface area contributed by atoms with E-state index in [1.807, 2.05) is 57.2 Å². The van der Waals surface area contributed by atoms with Gasteiger partial charge in [-0.25, -0.2) is 0 Å². The second-order valence-electron chi connectivity index (χ2n) is 6.34. The van der Waals surface area contributed by atoms with Crippen LogP contribution in [0.15, 0.2) is 42.5 Å². The molecule has 0 aliphatic rings. The molecule has 26 heavy (non-hydrogen) atoms.